The first-order valence-electron chi connectivity index (χ1n) is 5.79. The van der Waals surface area contributed by atoms with Crippen molar-refractivity contribution in [1.82, 2.24) is 5.32 Å². The SMILES string of the molecule is O=C(NC=Cc1ccccc1)Nc1ccc(Cl)cc1. The van der Waals surface area contributed by atoms with Crippen LogP contribution in [-0.4, -0.2) is 6.03 Å². The molecule has 0 aromatic heterocycles. The van der Waals surface area contributed by atoms with Crippen molar-refractivity contribution in [2.75, 3.05) is 5.32 Å². The van der Waals surface area contributed by atoms with Crippen molar-refractivity contribution in [3.63, 3.8) is 0 Å². The molecule has 2 N–H and O–H groups in total. The highest BCUT2D eigenvalue weighted by atomic mass is 35.5. The van der Waals surface area contributed by atoms with Crippen LogP contribution in [0.15, 0.2) is 60.8 Å². The molecule has 0 aliphatic carbocycles. The van der Waals surface area contributed by atoms with Crippen LogP contribution in [0.25, 0.3) is 6.08 Å². The lowest BCUT2D eigenvalue weighted by atomic mass is 10.2. The van der Waals surface area contributed by atoms with Gasteiger partial charge in [-0.2, -0.15) is 0 Å². The van der Waals surface area contributed by atoms with Gasteiger partial charge in [0.25, 0.3) is 0 Å². The van der Waals surface area contributed by atoms with Crippen LogP contribution in [0.1, 0.15) is 5.56 Å². The number of amides is 2. The minimum absolute atomic E-state index is 0.297. The van der Waals surface area contributed by atoms with Crippen LogP contribution in [0.3, 0.4) is 0 Å². The van der Waals surface area contributed by atoms with Crippen molar-refractivity contribution in [3.05, 3.63) is 71.4 Å². The predicted octanol–water partition coefficient (Wildman–Crippen LogP) is 4.13. The van der Waals surface area contributed by atoms with Gasteiger partial charge in [-0.1, -0.05) is 41.9 Å². The van der Waals surface area contributed by atoms with E-state index in [9.17, 15) is 4.79 Å². The molecule has 19 heavy (non-hydrogen) atoms. The largest absolute Gasteiger partial charge is 0.323 e. The minimum Gasteiger partial charge on any atom is -0.314 e. The Morgan fingerprint density at radius 3 is 2.37 bits per heavy atom. The highest BCUT2D eigenvalue weighted by Gasteiger charge is 1.98. The van der Waals surface area contributed by atoms with E-state index < -0.39 is 0 Å². The summed E-state index contributed by atoms with van der Waals surface area (Å²) in [6, 6.07) is 16.3. The molecule has 4 heteroatoms. The average Bonchev–Trinajstić information content (AvgIpc) is 2.43. The molecule has 0 heterocycles. The van der Waals surface area contributed by atoms with Gasteiger partial charge in [0.2, 0.25) is 0 Å². The first-order valence-corrected chi connectivity index (χ1v) is 6.16. The molecule has 96 valence electrons. The second kappa shape index (κ2) is 6.61. The molecule has 0 radical (unpaired) electrons. The number of anilines is 1. The van der Waals surface area contributed by atoms with E-state index >= 15 is 0 Å². The van der Waals surface area contributed by atoms with Gasteiger partial charge in [0, 0.05) is 16.9 Å². The maximum Gasteiger partial charge on any atom is 0.323 e. The van der Waals surface area contributed by atoms with Crippen LogP contribution >= 0.6 is 11.6 Å². The number of urea groups is 1. The summed E-state index contributed by atoms with van der Waals surface area (Å²) in [6.45, 7) is 0. The number of halogens is 1. The molecular weight excluding hydrogens is 260 g/mol. The van der Waals surface area contributed by atoms with Crippen LogP contribution < -0.4 is 10.6 Å². The van der Waals surface area contributed by atoms with Crippen molar-refractivity contribution >= 4 is 29.4 Å². The van der Waals surface area contributed by atoms with Crippen molar-refractivity contribution in [3.8, 4) is 0 Å². The van der Waals surface area contributed by atoms with Crippen molar-refractivity contribution < 1.29 is 4.79 Å². The van der Waals surface area contributed by atoms with E-state index in [1.165, 1.54) is 0 Å². The third-order valence-electron chi connectivity index (χ3n) is 2.39. The van der Waals surface area contributed by atoms with Crippen molar-refractivity contribution in [1.29, 1.82) is 0 Å². The molecule has 2 rings (SSSR count). The van der Waals surface area contributed by atoms with Crippen molar-refractivity contribution in [2.45, 2.75) is 0 Å². The van der Waals surface area contributed by atoms with Gasteiger partial charge < -0.3 is 10.6 Å². The normalized spacial score (nSPS) is 10.4. The average molecular weight is 273 g/mol. The lowest BCUT2D eigenvalue weighted by Crippen LogP contribution is -2.23. The lowest BCUT2D eigenvalue weighted by Gasteiger charge is -2.04. The number of rotatable bonds is 3. The van der Waals surface area contributed by atoms with E-state index in [1.807, 2.05) is 36.4 Å². The second-order valence-corrected chi connectivity index (χ2v) is 4.29. The number of carbonyl (C=O) groups excluding carboxylic acids is 1. The maximum absolute atomic E-state index is 11.6. The zero-order chi connectivity index (χ0) is 13.5. The molecule has 2 aromatic rings. The summed E-state index contributed by atoms with van der Waals surface area (Å²) in [5, 5.41) is 5.96. The molecule has 0 spiro atoms. The van der Waals surface area contributed by atoms with Crippen LogP contribution in [-0.2, 0) is 0 Å². The maximum atomic E-state index is 11.6. The smallest absolute Gasteiger partial charge is 0.314 e. The minimum atomic E-state index is -0.297. The van der Waals surface area contributed by atoms with Gasteiger partial charge in [-0.05, 0) is 35.9 Å². The van der Waals surface area contributed by atoms with E-state index in [1.54, 1.807) is 30.5 Å². The third-order valence-corrected chi connectivity index (χ3v) is 2.64. The van der Waals surface area contributed by atoms with E-state index in [-0.39, 0.29) is 6.03 Å². The zero-order valence-electron chi connectivity index (χ0n) is 10.1. The van der Waals surface area contributed by atoms with Crippen LogP contribution in [0.4, 0.5) is 10.5 Å². The Balaban J connectivity index is 1.85. The van der Waals surface area contributed by atoms with Gasteiger partial charge in [0.05, 0.1) is 0 Å². The van der Waals surface area contributed by atoms with Crippen LogP contribution in [0, 0.1) is 0 Å². The molecule has 3 nitrogen and oxygen atoms in total. The predicted molar refractivity (Wildman–Crippen MR) is 79.1 cm³/mol. The fourth-order valence-electron chi connectivity index (χ4n) is 1.48. The Bertz CT molecular complexity index is 564. The number of benzene rings is 2. The van der Waals surface area contributed by atoms with E-state index in [4.69, 9.17) is 11.6 Å². The second-order valence-electron chi connectivity index (χ2n) is 3.85. The fraction of sp³-hybridized carbons (Fsp3) is 0. The summed E-state index contributed by atoms with van der Waals surface area (Å²) in [4.78, 5) is 11.6. The highest BCUT2D eigenvalue weighted by Crippen LogP contribution is 2.13. The summed E-state index contributed by atoms with van der Waals surface area (Å²) in [6.07, 6.45) is 3.42. The van der Waals surface area contributed by atoms with Gasteiger partial charge >= 0.3 is 6.03 Å². The molecule has 0 aliphatic rings. The summed E-state index contributed by atoms with van der Waals surface area (Å²) < 4.78 is 0. The van der Waals surface area contributed by atoms with E-state index in [2.05, 4.69) is 10.6 Å². The molecule has 0 atom stereocenters. The molecule has 0 saturated heterocycles. The monoisotopic (exact) mass is 272 g/mol. The molecule has 0 bridgehead atoms. The molecule has 2 amide bonds. The van der Waals surface area contributed by atoms with Crippen LogP contribution in [0.5, 0.6) is 0 Å². The fourth-order valence-corrected chi connectivity index (χ4v) is 1.60. The first kappa shape index (κ1) is 13.2. The molecular formula is C15H13ClN2O. The Morgan fingerprint density at radius 1 is 1.00 bits per heavy atom. The number of carbonyl (C=O) groups is 1. The van der Waals surface area contributed by atoms with E-state index in [0.29, 0.717) is 10.7 Å². The first-order chi connectivity index (χ1) is 9.24. The Hall–Kier alpha value is -2.26. The van der Waals surface area contributed by atoms with Crippen molar-refractivity contribution in [2.24, 2.45) is 0 Å². The number of nitrogens with one attached hydrogen (secondary N) is 2. The van der Waals surface area contributed by atoms with Gasteiger partial charge in [-0.15, -0.1) is 0 Å². The van der Waals surface area contributed by atoms with Gasteiger partial charge in [0.1, 0.15) is 0 Å². The Labute approximate surface area is 116 Å². The lowest BCUT2D eigenvalue weighted by molar-refractivity contribution is 0.255. The van der Waals surface area contributed by atoms with Crippen LogP contribution in [0.2, 0.25) is 5.02 Å². The van der Waals surface area contributed by atoms with E-state index in [0.717, 1.165) is 5.56 Å². The summed E-state index contributed by atoms with van der Waals surface area (Å²) >= 11 is 5.76. The van der Waals surface area contributed by atoms with Gasteiger partial charge in [0.15, 0.2) is 0 Å². The molecule has 0 aliphatic heterocycles. The molecule has 0 fully saturated rings. The topological polar surface area (TPSA) is 41.1 Å². The summed E-state index contributed by atoms with van der Waals surface area (Å²) in [5.41, 5.74) is 1.71. The molecule has 2 aromatic carbocycles. The van der Waals surface area contributed by atoms with Gasteiger partial charge in [-0.25, -0.2) is 4.79 Å². The zero-order valence-corrected chi connectivity index (χ0v) is 10.9. The summed E-state index contributed by atoms with van der Waals surface area (Å²) in [5.74, 6) is 0. The van der Waals surface area contributed by atoms with Gasteiger partial charge in [-0.3, -0.25) is 0 Å². The quantitative estimate of drug-likeness (QED) is 0.866. The number of hydrogen-bond acceptors (Lipinski definition) is 1. The Kier molecular flexibility index (Phi) is 4.59. The number of hydrogen-bond donors (Lipinski definition) is 2. The molecule has 0 saturated carbocycles. The Morgan fingerprint density at radius 2 is 1.68 bits per heavy atom. The summed E-state index contributed by atoms with van der Waals surface area (Å²) in [7, 11) is 0. The standard InChI is InChI=1S/C15H13ClN2O/c16-13-6-8-14(9-7-13)18-15(19)17-11-10-12-4-2-1-3-5-12/h1-11H,(H2,17,18,19). The molecule has 0 unspecified atom stereocenters. The third kappa shape index (κ3) is 4.48. The highest BCUT2D eigenvalue weighted by molar-refractivity contribution is 6.30.